The molecular weight excluding hydrogens is 254 g/mol. The Morgan fingerprint density at radius 3 is 2.65 bits per heavy atom. The van der Waals surface area contributed by atoms with Crippen molar-refractivity contribution >= 4 is 5.91 Å². The summed E-state index contributed by atoms with van der Waals surface area (Å²) >= 11 is 0. The summed E-state index contributed by atoms with van der Waals surface area (Å²) in [7, 11) is 0. The molecule has 0 fully saturated rings. The standard InChI is InChI=1S/C16H25NO3/c1-12(2)14(11-18)17-16(19)9-6-10-20-15-8-5-4-7-13(15)3/h4-5,7-8,12,14,18H,6,9-11H2,1-3H3,(H,17,19)/t14-/m1/s1. The van der Waals surface area contributed by atoms with Gasteiger partial charge >= 0.3 is 0 Å². The first-order chi connectivity index (χ1) is 9.54. The lowest BCUT2D eigenvalue weighted by Gasteiger charge is -2.19. The van der Waals surface area contributed by atoms with Crippen LogP contribution in [-0.4, -0.2) is 30.3 Å². The van der Waals surface area contributed by atoms with Gasteiger partial charge in [0.25, 0.3) is 0 Å². The highest BCUT2D eigenvalue weighted by Gasteiger charge is 2.14. The highest BCUT2D eigenvalue weighted by atomic mass is 16.5. The maximum atomic E-state index is 11.7. The molecule has 1 aromatic carbocycles. The van der Waals surface area contributed by atoms with Gasteiger partial charge in [0.15, 0.2) is 0 Å². The lowest BCUT2D eigenvalue weighted by molar-refractivity contribution is -0.122. The van der Waals surface area contributed by atoms with Crippen molar-refractivity contribution in [1.29, 1.82) is 0 Å². The third kappa shape index (κ3) is 5.61. The van der Waals surface area contributed by atoms with E-state index in [1.165, 1.54) is 0 Å². The zero-order chi connectivity index (χ0) is 15.0. The number of aryl methyl sites for hydroxylation is 1. The Balaban J connectivity index is 2.24. The van der Waals surface area contributed by atoms with E-state index >= 15 is 0 Å². The van der Waals surface area contributed by atoms with Crippen LogP contribution in [0.2, 0.25) is 0 Å². The van der Waals surface area contributed by atoms with Crippen molar-refractivity contribution < 1.29 is 14.6 Å². The Morgan fingerprint density at radius 1 is 1.35 bits per heavy atom. The number of carbonyl (C=O) groups excluding carboxylic acids is 1. The van der Waals surface area contributed by atoms with E-state index in [2.05, 4.69) is 5.32 Å². The maximum absolute atomic E-state index is 11.7. The second-order valence-electron chi connectivity index (χ2n) is 5.32. The molecule has 4 heteroatoms. The molecule has 0 bridgehead atoms. The Morgan fingerprint density at radius 2 is 2.05 bits per heavy atom. The predicted octanol–water partition coefficient (Wildman–Crippen LogP) is 2.29. The second-order valence-corrected chi connectivity index (χ2v) is 5.32. The average molecular weight is 279 g/mol. The molecule has 0 unspecified atom stereocenters. The molecule has 0 aromatic heterocycles. The van der Waals surface area contributed by atoms with Gasteiger partial charge in [-0.3, -0.25) is 4.79 Å². The lowest BCUT2D eigenvalue weighted by atomic mass is 10.1. The van der Waals surface area contributed by atoms with E-state index in [0.717, 1.165) is 11.3 Å². The fourth-order valence-electron chi connectivity index (χ4n) is 1.84. The van der Waals surface area contributed by atoms with Crippen molar-refractivity contribution in [3.05, 3.63) is 29.8 Å². The third-order valence-electron chi connectivity index (χ3n) is 3.25. The molecule has 0 saturated heterocycles. The maximum Gasteiger partial charge on any atom is 0.220 e. The van der Waals surface area contributed by atoms with Gasteiger partial charge < -0.3 is 15.2 Å². The van der Waals surface area contributed by atoms with E-state index in [1.54, 1.807) is 0 Å². The minimum absolute atomic E-state index is 0.0247. The molecule has 1 atom stereocenters. The van der Waals surface area contributed by atoms with E-state index in [4.69, 9.17) is 9.84 Å². The van der Waals surface area contributed by atoms with Gasteiger partial charge in [0, 0.05) is 6.42 Å². The number of rotatable bonds is 8. The van der Waals surface area contributed by atoms with Crippen LogP contribution in [0.5, 0.6) is 5.75 Å². The van der Waals surface area contributed by atoms with Gasteiger partial charge in [-0.2, -0.15) is 0 Å². The molecule has 0 saturated carbocycles. The Kier molecular flexibility index (Phi) is 7.09. The topological polar surface area (TPSA) is 58.6 Å². The Hall–Kier alpha value is -1.55. The summed E-state index contributed by atoms with van der Waals surface area (Å²) < 4.78 is 5.64. The number of aliphatic hydroxyl groups excluding tert-OH is 1. The lowest BCUT2D eigenvalue weighted by Crippen LogP contribution is -2.41. The van der Waals surface area contributed by atoms with E-state index < -0.39 is 0 Å². The van der Waals surface area contributed by atoms with Crippen LogP contribution in [0.3, 0.4) is 0 Å². The zero-order valence-corrected chi connectivity index (χ0v) is 12.6. The van der Waals surface area contributed by atoms with Gasteiger partial charge in [0.2, 0.25) is 5.91 Å². The minimum atomic E-state index is -0.167. The van der Waals surface area contributed by atoms with E-state index in [0.29, 0.717) is 19.4 Å². The smallest absolute Gasteiger partial charge is 0.220 e. The summed E-state index contributed by atoms with van der Waals surface area (Å²) in [6.07, 6.45) is 1.07. The number of para-hydroxylation sites is 1. The van der Waals surface area contributed by atoms with Crippen LogP contribution < -0.4 is 10.1 Å². The molecule has 0 aliphatic rings. The fraction of sp³-hybridized carbons (Fsp3) is 0.562. The van der Waals surface area contributed by atoms with Crippen LogP contribution in [-0.2, 0) is 4.79 Å². The molecule has 1 rings (SSSR count). The first-order valence-corrected chi connectivity index (χ1v) is 7.13. The normalized spacial score (nSPS) is 12.2. The summed E-state index contributed by atoms with van der Waals surface area (Å²) in [6.45, 7) is 6.44. The number of ether oxygens (including phenoxy) is 1. The molecule has 2 N–H and O–H groups in total. The van der Waals surface area contributed by atoms with Crippen molar-refractivity contribution in [3.8, 4) is 5.75 Å². The molecule has 0 heterocycles. The predicted molar refractivity (Wildman–Crippen MR) is 79.8 cm³/mol. The van der Waals surface area contributed by atoms with Crippen molar-refractivity contribution in [2.45, 2.75) is 39.7 Å². The van der Waals surface area contributed by atoms with Gasteiger partial charge in [-0.15, -0.1) is 0 Å². The van der Waals surface area contributed by atoms with Crippen LogP contribution >= 0.6 is 0 Å². The van der Waals surface area contributed by atoms with E-state index in [9.17, 15) is 4.79 Å². The average Bonchev–Trinajstić information content (AvgIpc) is 2.42. The summed E-state index contributed by atoms with van der Waals surface area (Å²) in [4.78, 5) is 11.7. The SMILES string of the molecule is Cc1ccccc1OCCCC(=O)N[C@H](CO)C(C)C. The molecular formula is C16H25NO3. The van der Waals surface area contributed by atoms with Crippen LogP contribution in [0.1, 0.15) is 32.3 Å². The highest BCUT2D eigenvalue weighted by molar-refractivity contribution is 5.76. The molecule has 1 aromatic rings. The summed E-state index contributed by atoms with van der Waals surface area (Å²) in [5, 5.41) is 12.0. The number of aliphatic hydroxyl groups is 1. The highest BCUT2D eigenvalue weighted by Crippen LogP contribution is 2.16. The number of nitrogens with one attached hydrogen (secondary N) is 1. The molecule has 4 nitrogen and oxygen atoms in total. The number of benzene rings is 1. The Bertz CT molecular complexity index is 418. The van der Waals surface area contributed by atoms with Crippen molar-refractivity contribution in [3.63, 3.8) is 0 Å². The van der Waals surface area contributed by atoms with Crippen LogP contribution in [0, 0.1) is 12.8 Å². The van der Waals surface area contributed by atoms with Gasteiger partial charge in [0.1, 0.15) is 5.75 Å². The van der Waals surface area contributed by atoms with Gasteiger partial charge in [0.05, 0.1) is 19.3 Å². The van der Waals surface area contributed by atoms with Crippen molar-refractivity contribution in [1.82, 2.24) is 5.32 Å². The van der Waals surface area contributed by atoms with Crippen LogP contribution in [0.25, 0.3) is 0 Å². The second kappa shape index (κ2) is 8.59. The minimum Gasteiger partial charge on any atom is -0.493 e. The van der Waals surface area contributed by atoms with E-state index in [-0.39, 0.29) is 24.5 Å². The molecule has 20 heavy (non-hydrogen) atoms. The first kappa shape index (κ1) is 16.5. The third-order valence-corrected chi connectivity index (χ3v) is 3.25. The summed E-state index contributed by atoms with van der Waals surface area (Å²) in [5.41, 5.74) is 1.09. The molecule has 112 valence electrons. The van der Waals surface area contributed by atoms with Crippen LogP contribution in [0.15, 0.2) is 24.3 Å². The number of hydrogen-bond donors (Lipinski definition) is 2. The number of hydrogen-bond acceptors (Lipinski definition) is 3. The zero-order valence-electron chi connectivity index (χ0n) is 12.6. The van der Waals surface area contributed by atoms with Gasteiger partial charge in [-0.05, 0) is 30.9 Å². The van der Waals surface area contributed by atoms with E-state index in [1.807, 2.05) is 45.0 Å². The Labute approximate surface area is 121 Å². The van der Waals surface area contributed by atoms with Gasteiger partial charge in [-0.1, -0.05) is 32.0 Å². The molecule has 1 amide bonds. The number of amides is 1. The van der Waals surface area contributed by atoms with Crippen molar-refractivity contribution in [2.24, 2.45) is 5.92 Å². The van der Waals surface area contributed by atoms with Crippen molar-refractivity contribution in [2.75, 3.05) is 13.2 Å². The molecule has 0 radical (unpaired) electrons. The molecule has 0 aliphatic carbocycles. The molecule has 0 aliphatic heterocycles. The van der Waals surface area contributed by atoms with Gasteiger partial charge in [-0.25, -0.2) is 0 Å². The summed E-state index contributed by atoms with van der Waals surface area (Å²) in [5.74, 6) is 1.06. The summed E-state index contributed by atoms with van der Waals surface area (Å²) in [6, 6.07) is 7.66. The largest absolute Gasteiger partial charge is 0.493 e. The monoisotopic (exact) mass is 279 g/mol. The quantitative estimate of drug-likeness (QED) is 0.718. The van der Waals surface area contributed by atoms with Crippen LogP contribution in [0.4, 0.5) is 0 Å². The number of carbonyl (C=O) groups is 1. The fourth-order valence-corrected chi connectivity index (χ4v) is 1.84. The first-order valence-electron chi connectivity index (χ1n) is 7.13. The molecule has 0 spiro atoms.